The molecule has 0 N–H and O–H groups in total. The third-order valence-electron chi connectivity index (χ3n) is 0.906. The Kier molecular flexibility index (Phi) is 3.27. The molecule has 11 heavy (non-hydrogen) atoms. The first kappa shape index (κ1) is 8.44. The van der Waals surface area contributed by atoms with Gasteiger partial charge in [-0.15, -0.1) is 11.3 Å². The Morgan fingerprint density at radius 2 is 2.64 bits per heavy atom. The molecular weight excluding hydrogens is 226 g/mol. The van der Waals surface area contributed by atoms with Gasteiger partial charge in [-0.1, -0.05) is 21.9 Å². The predicted octanol–water partition coefficient (Wildman–Crippen LogP) is 1.70. The number of hydrogen-bond acceptors (Lipinski definition) is 3. The van der Waals surface area contributed by atoms with E-state index in [1.807, 2.05) is 0 Å². The highest BCUT2D eigenvalue weighted by atomic mass is 79.9. The molecule has 0 radical (unpaired) electrons. The molecule has 1 aromatic rings. The SMILES string of the molecule is O=Cc1nc(C#CCBr)cs1. The maximum atomic E-state index is 10.2. The lowest BCUT2D eigenvalue weighted by molar-refractivity contribution is 0.112. The first-order valence-electron chi connectivity index (χ1n) is 2.82. The van der Waals surface area contributed by atoms with Gasteiger partial charge in [0.15, 0.2) is 11.3 Å². The van der Waals surface area contributed by atoms with E-state index in [1.165, 1.54) is 11.3 Å². The second-order valence-electron chi connectivity index (χ2n) is 1.62. The normalized spacial score (nSPS) is 8.45. The molecule has 0 saturated carbocycles. The summed E-state index contributed by atoms with van der Waals surface area (Å²) in [6.45, 7) is 0. The van der Waals surface area contributed by atoms with Crippen molar-refractivity contribution in [3.8, 4) is 11.8 Å². The van der Waals surface area contributed by atoms with E-state index in [2.05, 4.69) is 32.8 Å². The first-order chi connectivity index (χ1) is 5.36. The van der Waals surface area contributed by atoms with Crippen LogP contribution in [0.2, 0.25) is 0 Å². The molecule has 0 spiro atoms. The molecule has 0 amide bonds. The first-order valence-corrected chi connectivity index (χ1v) is 4.82. The molecule has 0 fully saturated rings. The molecule has 0 bridgehead atoms. The van der Waals surface area contributed by atoms with Crippen LogP contribution in [0.15, 0.2) is 5.38 Å². The number of thiazole rings is 1. The van der Waals surface area contributed by atoms with Crippen LogP contribution in [0.1, 0.15) is 15.5 Å². The van der Waals surface area contributed by atoms with Crippen LogP contribution in [0, 0.1) is 11.8 Å². The van der Waals surface area contributed by atoms with Crippen molar-refractivity contribution >= 4 is 33.6 Å². The van der Waals surface area contributed by atoms with Crippen molar-refractivity contribution in [3.63, 3.8) is 0 Å². The third-order valence-corrected chi connectivity index (χ3v) is 1.96. The van der Waals surface area contributed by atoms with Gasteiger partial charge in [0.05, 0.1) is 5.33 Å². The monoisotopic (exact) mass is 229 g/mol. The molecule has 0 aromatic carbocycles. The molecule has 0 aliphatic carbocycles. The maximum absolute atomic E-state index is 10.2. The standard InChI is InChI=1S/C7H4BrNOS/c8-3-1-2-6-5-11-7(4-10)9-6/h4-5H,3H2. The fraction of sp³-hybridized carbons (Fsp3) is 0.143. The molecule has 0 unspecified atom stereocenters. The molecule has 4 heteroatoms. The Bertz CT molecular complexity index is 310. The lowest BCUT2D eigenvalue weighted by atomic mass is 10.5. The summed E-state index contributed by atoms with van der Waals surface area (Å²) in [7, 11) is 0. The van der Waals surface area contributed by atoms with Crippen LogP contribution in [0.3, 0.4) is 0 Å². The van der Waals surface area contributed by atoms with E-state index >= 15 is 0 Å². The van der Waals surface area contributed by atoms with Gasteiger partial charge in [0.1, 0.15) is 5.69 Å². The number of nitrogens with zero attached hydrogens (tertiary/aromatic N) is 1. The van der Waals surface area contributed by atoms with Crippen molar-refractivity contribution in [2.24, 2.45) is 0 Å². The van der Waals surface area contributed by atoms with Crippen LogP contribution in [-0.4, -0.2) is 16.6 Å². The number of aldehydes is 1. The number of aromatic nitrogens is 1. The smallest absolute Gasteiger partial charge is 0.178 e. The van der Waals surface area contributed by atoms with Crippen molar-refractivity contribution in [1.82, 2.24) is 4.98 Å². The Balaban J connectivity index is 2.80. The molecule has 1 rings (SSSR count). The maximum Gasteiger partial charge on any atom is 0.178 e. The Morgan fingerprint density at radius 3 is 3.18 bits per heavy atom. The number of carbonyl (C=O) groups excluding carboxylic acids is 1. The van der Waals surface area contributed by atoms with Gasteiger partial charge in [0, 0.05) is 5.38 Å². The fourth-order valence-corrected chi connectivity index (χ4v) is 1.21. The molecule has 1 heterocycles. The van der Waals surface area contributed by atoms with E-state index in [4.69, 9.17) is 0 Å². The minimum atomic E-state index is 0.476. The lowest BCUT2D eigenvalue weighted by Crippen LogP contribution is -1.77. The van der Waals surface area contributed by atoms with Crippen LogP contribution < -0.4 is 0 Å². The third kappa shape index (κ3) is 2.45. The second-order valence-corrected chi connectivity index (χ2v) is 3.07. The average molecular weight is 230 g/mol. The summed E-state index contributed by atoms with van der Waals surface area (Å²) in [5.74, 6) is 5.59. The summed E-state index contributed by atoms with van der Waals surface area (Å²) in [5, 5.41) is 2.87. The van der Waals surface area contributed by atoms with Crippen molar-refractivity contribution in [2.75, 3.05) is 5.33 Å². The van der Waals surface area contributed by atoms with Gasteiger partial charge in [-0.25, -0.2) is 4.98 Å². The Morgan fingerprint density at radius 1 is 1.82 bits per heavy atom. The molecule has 0 saturated heterocycles. The molecule has 2 nitrogen and oxygen atoms in total. The van der Waals surface area contributed by atoms with E-state index in [0.717, 1.165) is 6.29 Å². The minimum absolute atomic E-state index is 0.476. The zero-order chi connectivity index (χ0) is 8.10. The number of carbonyl (C=O) groups is 1. The second kappa shape index (κ2) is 4.27. The summed E-state index contributed by atoms with van der Waals surface area (Å²) >= 11 is 4.47. The van der Waals surface area contributed by atoms with E-state index in [0.29, 0.717) is 16.0 Å². The van der Waals surface area contributed by atoms with E-state index in [9.17, 15) is 4.79 Å². The molecule has 0 aliphatic rings. The van der Waals surface area contributed by atoms with Crippen molar-refractivity contribution in [2.45, 2.75) is 0 Å². The summed E-state index contributed by atoms with van der Waals surface area (Å²) in [4.78, 5) is 14.1. The van der Waals surface area contributed by atoms with Crippen molar-refractivity contribution in [1.29, 1.82) is 0 Å². The van der Waals surface area contributed by atoms with E-state index in [1.54, 1.807) is 5.38 Å². The van der Waals surface area contributed by atoms with Gasteiger partial charge in [-0.05, 0) is 5.92 Å². The number of halogens is 1. The highest BCUT2D eigenvalue weighted by Gasteiger charge is 1.95. The summed E-state index contributed by atoms with van der Waals surface area (Å²) < 4.78 is 0. The van der Waals surface area contributed by atoms with Gasteiger partial charge in [-0.3, -0.25) is 4.79 Å². The zero-order valence-electron chi connectivity index (χ0n) is 5.50. The molecular formula is C7H4BrNOS. The van der Waals surface area contributed by atoms with Crippen LogP contribution in [0.4, 0.5) is 0 Å². The van der Waals surface area contributed by atoms with Crippen molar-refractivity contribution in [3.05, 3.63) is 16.1 Å². The number of rotatable bonds is 1. The van der Waals surface area contributed by atoms with Crippen LogP contribution in [0.5, 0.6) is 0 Å². The largest absolute Gasteiger partial charge is 0.295 e. The van der Waals surface area contributed by atoms with Crippen LogP contribution in [-0.2, 0) is 0 Å². The Hall–Kier alpha value is -0.660. The Labute approximate surface area is 76.8 Å². The van der Waals surface area contributed by atoms with Crippen LogP contribution in [0.25, 0.3) is 0 Å². The molecule has 56 valence electrons. The predicted molar refractivity (Wildman–Crippen MR) is 48.2 cm³/mol. The lowest BCUT2D eigenvalue weighted by Gasteiger charge is -1.73. The summed E-state index contributed by atoms with van der Waals surface area (Å²) in [6.07, 6.45) is 0.726. The summed E-state index contributed by atoms with van der Waals surface area (Å²) in [5.41, 5.74) is 0.663. The topological polar surface area (TPSA) is 30.0 Å². The zero-order valence-corrected chi connectivity index (χ0v) is 7.91. The number of alkyl halides is 1. The van der Waals surface area contributed by atoms with E-state index in [-0.39, 0.29) is 0 Å². The van der Waals surface area contributed by atoms with Crippen molar-refractivity contribution < 1.29 is 4.79 Å². The molecule has 0 atom stereocenters. The minimum Gasteiger partial charge on any atom is -0.295 e. The quantitative estimate of drug-likeness (QED) is 0.417. The fourth-order valence-electron chi connectivity index (χ4n) is 0.523. The summed E-state index contributed by atoms with van der Waals surface area (Å²) in [6, 6.07) is 0. The molecule has 1 aromatic heterocycles. The highest BCUT2D eigenvalue weighted by Crippen LogP contribution is 2.05. The average Bonchev–Trinajstić information content (AvgIpc) is 2.48. The number of hydrogen-bond donors (Lipinski definition) is 0. The van der Waals surface area contributed by atoms with Crippen LogP contribution >= 0.6 is 27.3 Å². The molecule has 0 aliphatic heterocycles. The van der Waals surface area contributed by atoms with Gasteiger partial charge in [0.2, 0.25) is 0 Å². The van der Waals surface area contributed by atoms with Gasteiger partial charge >= 0.3 is 0 Å². The van der Waals surface area contributed by atoms with Gasteiger partial charge in [0.25, 0.3) is 0 Å². The van der Waals surface area contributed by atoms with Gasteiger partial charge < -0.3 is 0 Å². The van der Waals surface area contributed by atoms with E-state index < -0.39 is 0 Å². The highest BCUT2D eigenvalue weighted by molar-refractivity contribution is 9.09. The van der Waals surface area contributed by atoms with Gasteiger partial charge in [-0.2, -0.15) is 0 Å².